The molecule has 0 spiro atoms. The second kappa shape index (κ2) is 6.32. The van der Waals surface area contributed by atoms with Crippen molar-refractivity contribution >= 4 is 21.6 Å². The van der Waals surface area contributed by atoms with Crippen LogP contribution in [0.1, 0.15) is 29.3 Å². The van der Waals surface area contributed by atoms with E-state index in [0.717, 1.165) is 36.6 Å². The van der Waals surface area contributed by atoms with Crippen LogP contribution in [0.4, 0.5) is 0 Å². The van der Waals surface area contributed by atoms with E-state index in [2.05, 4.69) is 41.3 Å². The molecule has 1 fully saturated rings. The lowest BCUT2D eigenvalue weighted by Gasteiger charge is -2.31. The van der Waals surface area contributed by atoms with Crippen molar-refractivity contribution < 1.29 is 9.47 Å². The van der Waals surface area contributed by atoms with Gasteiger partial charge in [0, 0.05) is 19.0 Å². The lowest BCUT2D eigenvalue weighted by atomic mass is 9.98. The van der Waals surface area contributed by atoms with Gasteiger partial charge in [-0.15, -0.1) is 11.3 Å². The average molecular weight is 352 g/mol. The van der Waals surface area contributed by atoms with Crippen LogP contribution in [0.2, 0.25) is 0 Å². The molecular formula is C20H20N2O2S. The molecule has 0 aliphatic carbocycles. The summed E-state index contributed by atoms with van der Waals surface area (Å²) < 4.78 is 12.2. The zero-order valence-electron chi connectivity index (χ0n) is 14.0. The number of ether oxygens (including phenoxy) is 2. The molecule has 0 bridgehead atoms. The number of fused-ring (bicyclic) bond motifs is 2. The Balaban J connectivity index is 1.32. The average Bonchev–Trinajstić information content (AvgIpc) is 3.28. The number of thiazole rings is 1. The van der Waals surface area contributed by atoms with Crippen LogP contribution in [0, 0.1) is 0 Å². The number of hydrogen-bond donors (Lipinski definition) is 0. The van der Waals surface area contributed by atoms with Gasteiger partial charge >= 0.3 is 0 Å². The van der Waals surface area contributed by atoms with E-state index in [0.29, 0.717) is 12.7 Å². The molecule has 3 heterocycles. The van der Waals surface area contributed by atoms with Crippen molar-refractivity contribution in [2.45, 2.75) is 25.3 Å². The molecule has 128 valence electrons. The molecule has 2 aromatic carbocycles. The van der Waals surface area contributed by atoms with E-state index in [4.69, 9.17) is 14.5 Å². The van der Waals surface area contributed by atoms with Crippen molar-refractivity contribution in [2.75, 3.05) is 19.9 Å². The van der Waals surface area contributed by atoms with E-state index in [1.807, 2.05) is 17.4 Å². The lowest BCUT2D eigenvalue weighted by Crippen LogP contribution is -2.33. The van der Waals surface area contributed by atoms with Crippen molar-refractivity contribution in [3.05, 3.63) is 53.0 Å². The molecule has 1 saturated heterocycles. The van der Waals surface area contributed by atoms with Crippen molar-refractivity contribution in [3.8, 4) is 11.5 Å². The summed E-state index contributed by atoms with van der Waals surface area (Å²) in [7, 11) is 0. The van der Waals surface area contributed by atoms with Crippen molar-refractivity contribution in [2.24, 2.45) is 0 Å². The fourth-order valence-electron chi connectivity index (χ4n) is 3.76. The Morgan fingerprint density at radius 3 is 3.00 bits per heavy atom. The van der Waals surface area contributed by atoms with Gasteiger partial charge in [-0.1, -0.05) is 18.2 Å². The Bertz CT molecular complexity index is 875. The first-order valence-corrected chi connectivity index (χ1v) is 9.63. The molecule has 0 radical (unpaired) electrons. The number of benzene rings is 2. The van der Waals surface area contributed by atoms with Gasteiger partial charge in [0.2, 0.25) is 6.79 Å². The maximum Gasteiger partial charge on any atom is 0.231 e. The number of nitrogens with zero attached hydrogens (tertiary/aromatic N) is 2. The van der Waals surface area contributed by atoms with Crippen LogP contribution in [-0.4, -0.2) is 29.8 Å². The Morgan fingerprint density at radius 1 is 1.12 bits per heavy atom. The fourth-order valence-corrected chi connectivity index (χ4v) is 4.86. The van der Waals surface area contributed by atoms with Gasteiger partial charge in [-0.25, -0.2) is 4.98 Å². The summed E-state index contributed by atoms with van der Waals surface area (Å²) in [6.07, 6.45) is 2.46. The number of likely N-dealkylation sites (tertiary alicyclic amines) is 1. The van der Waals surface area contributed by atoms with Gasteiger partial charge in [-0.2, -0.15) is 0 Å². The molecule has 0 N–H and O–H groups in total. The van der Waals surface area contributed by atoms with E-state index in [1.165, 1.54) is 28.1 Å². The zero-order chi connectivity index (χ0) is 16.6. The predicted molar refractivity (Wildman–Crippen MR) is 99.4 cm³/mol. The summed E-state index contributed by atoms with van der Waals surface area (Å²) in [5.74, 6) is 2.27. The minimum Gasteiger partial charge on any atom is -0.454 e. The Morgan fingerprint density at radius 2 is 2.04 bits per heavy atom. The van der Waals surface area contributed by atoms with Crippen LogP contribution in [0.25, 0.3) is 10.2 Å². The smallest absolute Gasteiger partial charge is 0.231 e. The highest BCUT2D eigenvalue weighted by Gasteiger charge is 2.24. The Labute approximate surface area is 151 Å². The first-order valence-electron chi connectivity index (χ1n) is 8.81. The van der Waals surface area contributed by atoms with Crippen LogP contribution >= 0.6 is 11.3 Å². The number of para-hydroxylation sites is 1. The molecule has 4 nitrogen and oxygen atoms in total. The first kappa shape index (κ1) is 15.2. The van der Waals surface area contributed by atoms with Crippen LogP contribution in [-0.2, 0) is 6.54 Å². The maximum absolute atomic E-state index is 5.50. The summed E-state index contributed by atoms with van der Waals surface area (Å²) in [6.45, 7) is 3.52. The van der Waals surface area contributed by atoms with Gasteiger partial charge in [0.25, 0.3) is 0 Å². The third kappa shape index (κ3) is 2.98. The Hall–Kier alpha value is -2.11. The standard InChI is InChI=1S/C20H20N2O2S/c1-2-6-19-16(5-1)21-20(25-19)15-4-3-9-22(12-15)11-14-7-8-17-18(10-14)24-13-23-17/h1-2,5-8,10,15H,3-4,9,11-13H2/t15-/m0/s1. The number of aromatic nitrogens is 1. The van der Waals surface area contributed by atoms with E-state index in [1.54, 1.807) is 0 Å². The molecule has 1 aromatic heterocycles. The molecule has 25 heavy (non-hydrogen) atoms. The van der Waals surface area contributed by atoms with Crippen molar-refractivity contribution in [1.82, 2.24) is 9.88 Å². The summed E-state index contributed by atoms with van der Waals surface area (Å²) in [5.41, 5.74) is 2.42. The maximum atomic E-state index is 5.50. The third-order valence-electron chi connectivity index (χ3n) is 5.01. The number of piperidine rings is 1. The molecule has 0 saturated carbocycles. The Kier molecular flexibility index (Phi) is 3.83. The molecule has 3 aromatic rings. The summed E-state index contributed by atoms with van der Waals surface area (Å²) in [5, 5.41) is 1.29. The second-order valence-corrected chi connectivity index (χ2v) is 7.84. The van der Waals surface area contributed by atoms with Gasteiger partial charge in [0.1, 0.15) is 0 Å². The van der Waals surface area contributed by atoms with Crippen molar-refractivity contribution in [3.63, 3.8) is 0 Å². The predicted octanol–water partition coefficient (Wildman–Crippen LogP) is 4.40. The van der Waals surface area contributed by atoms with Gasteiger partial charge in [0.05, 0.1) is 15.2 Å². The SMILES string of the molecule is c1ccc2sc([C@H]3CCCN(Cc4ccc5c(c4)OCO5)C3)nc2c1. The summed E-state index contributed by atoms with van der Waals surface area (Å²) in [6, 6.07) is 14.7. The topological polar surface area (TPSA) is 34.6 Å². The van der Waals surface area contributed by atoms with Gasteiger partial charge in [-0.05, 0) is 49.2 Å². The van der Waals surface area contributed by atoms with Gasteiger partial charge < -0.3 is 9.47 Å². The van der Waals surface area contributed by atoms with Gasteiger partial charge in [0.15, 0.2) is 11.5 Å². The largest absolute Gasteiger partial charge is 0.454 e. The van der Waals surface area contributed by atoms with E-state index in [-0.39, 0.29) is 0 Å². The highest BCUT2D eigenvalue weighted by molar-refractivity contribution is 7.18. The van der Waals surface area contributed by atoms with Crippen molar-refractivity contribution in [1.29, 1.82) is 0 Å². The molecule has 0 unspecified atom stereocenters. The number of rotatable bonds is 3. The minimum absolute atomic E-state index is 0.335. The van der Waals surface area contributed by atoms with Crippen LogP contribution in [0.3, 0.4) is 0 Å². The second-order valence-electron chi connectivity index (χ2n) is 6.78. The molecule has 2 aliphatic heterocycles. The van der Waals surface area contributed by atoms with E-state index in [9.17, 15) is 0 Å². The first-order chi connectivity index (χ1) is 12.3. The van der Waals surface area contributed by atoms with E-state index < -0.39 is 0 Å². The molecule has 5 heteroatoms. The molecule has 1 atom stereocenters. The third-order valence-corrected chi connectivity index (χ3v) is 6.21. The van der Waals surface area contributed by atoms with Crippen LogP contribution < -0.4 is 9.47 Å². The molecule has 0 amide bonds. The molecular weight excluding hydrogens is 332 g/mol. The molecule has 2 aliphatic rings. The molecule has 5 rings (SSSR count). The van der Waals surface area contributed by atoms with Crippen LogP contribution in [0.5, 0.6) is 11.5 Å². The van der Waals surface area contributed by atoms with Crippen LogP contribution in [0.15, 0.2) is 42.5 Å². The number of hydrogen-bond acceptors (Lipinski definition) is 5. The van der Waals surface area contributed by atoms with E-state index >= 15 is 0 Å². The highest BCUT2D eigenvalue weighted by atomic mass is 32.1. The highest BCUT2D eigenvalue weighted by Crippen LogP contribution is 2.35. The fraction of sp³-hybridized carbons (Fsp3) is 0.350. The summed E-state index contributed by atoms with van der Waals surface area (Å²) in [4.78, 5) is 7.42. The quantitative estimate of drug-likeness (QED) is 0.699. The normalized spacial score (nSPS) is 20.2. The van der Waals surface area contributed by atoms with Gasteiger partial charge in [-0.3, -0.25) is 4.90 Å². The monoisotopic (exact) mass is 352 g/mol. The summed E-state index contributed by atoms with van der Waals surface area (Å²) >= 11 is 1.85. The zero-order valence-corrected chi connectivity index (χ0v) is 14.8. The minimum atomic E-state index is 0.335. The lowest BCUT2D eigenvalue weighted by molar-refractivity contribution is 0.173.